The van der Waals surface area contributed by atoms with Crippen LogP contribution >= 0.6 is 0 Å². The Hall–Kier alpha value is -1.59. The first-order valence-electron chi connectivity index (χ1n) is 9.03. The van der Waals surface area contributed by atoms with Crippen molar-refractivity contribution < 1.29 is 0 Å². The zero-order valence-corrected chi connectivity index (χ0v) is 15.0. The molecular weight excluding hydrogens is 288 g/mol. The van der Waals surface area contributed by atoms with Gasteiger partial charge in [0.1, 0.15) is 12.2 Å². The average molecular weight is 320 g/mol. The highest BCUT2D eigenvalue weighted by atomic mass is 15.4. The summed E-state index contributed by atoms with van der Waals surface area (Å²) in [5, 5.41) is 7.48. The van der Waals surface area contributed by atoms with Crippen LogP contribution in [-0.4, -0.2) is 45.8 Å². The standard InChI is InChI=1S/C17H32N6/c1-4-18-17(22(2)13-16-20-14-21-23(16)3)19-12-8-7-11-15-9-5-6-10-15/h14-15H,4-13H2,1-3H3,(H,18,19). The van der Waals surface area contributed by atoms with Crippen LogP contribution in [0.25, 0.3) is 0 Å². The van der Waals surface area contributed by atoms with Gasteiger partial charge in [-0.2, -0.15) is 5.10 Å². The summed E-state index contributed by atoms with van der Waals surface area (Å²) in [6, 6.07) is 0. The van der Waals surface area contributed by atoms with Crippen molar-refractivity contribution in [1.29, 1.82) is 0 Å². The molecule has 0 aliphatic heterocycles. The Bertz CT molecular complexity index is 475. The molecule has 6 heteroatoms. The average Bonchev–Trinajstić information content (AvgIpc) is 3.18. The SMILES string of the molecule is CCNC(=NCCCCC1CCCC1)N(C)Cc1ncnn1C. The zero-order valence-electron chi connectivity index (χ0n) is 15.0. The quantitative estimate of drug-likeness (QED) is 0.454. The van der Waals surface area contributed by atoms with E-state index in [1.165, 1.54) is 44.9 Å². The van der Waals surface area contributed by atoms with Gasteiger partial charge in [-0.15, -0.1) is 0 Å². The fraction of sp³-hybridized carbons (Fsp3) is 0.824. The van der Waals surface area contributed by atoms with Crippen LogP contribution in [0, 0.1) is 5.92 Å². The molecule has 0 unspecified atom stereocenters. The van der Waals surface area contributed by atoms with Gasteiger partial charge in [-0.3, -0.25) is 9.67 Å². The van der Waals surface area contributed by atoms with Gasteiger partial charge in [0.2, 0.25) is 0 Å². The Morgan fingerprint density at radius 1 is 1.39 bits per heavy atom. The van der Waals surface area contributed by atoms with Gasteiger partial charge in [0.05, 0.1) is 6.54 Å². The Morgan fingerprint density at radius 2 is 2.17 bits per heavy atom. The molecule has 1 aromatic rings. The van der Waals surface area contributed by atoms with Crippen molar-refractivity contribution in [2.24, 2.45) is 18.0 Å². The van der Waals surface area contributed by atoms with E-state index in [9.17, 15) is 0 Å². The van der Waals surface area contributed by atoms with Crippen LogP contribution in [0.2, 0.25) is 0 Å². The maximum Gasteiger partial charge on any atom is 0.194 e. The van der Waals surface area contributed by atoms with Crippen molar-refractivity contribution in [3.05, 3.63) is 12.2 Å². The molecule has 1 heterocycles. The third-order valence-electron chi connectivity index (χ3n) is 4.64. The molecule has 0 atom stereocenters. The largest absolute Gasteiger partial charge is 0.357 e. The predicted octanol–water partition coefficient (Wildman–Crippen LogP) is 2.57. The summed E-state index contributed by atoms with van der Waals surface area (Å²) in [5.74, 6) is 2.89. The Balaban J connectivity index is 1.75. The maximum absolute atomic E-state index is 4.76. The number of rotatable bonds is 8. The number of aliphatic imine (C=N–C) groups is 1. The molecule has 0 spiro atoms. The van der Waals surface area contributed by atoms with E-state index >= 15 is 0 Å². The number of unbranched alkanes of at least 4 members (excludes halogenated alkanes) is 1. The number of nitrogens with one attached hydrogen (secondary N) is 1. The number of hydrogen-bond acceptors (Lipinski definition) is 3. The molecule has 2 rings (SSSR count). The zero-order chi connectivity index (χ0) is 16.5. The maximum atomic E-state index is 4.76. The second-order valence-electron chi connectivity index (χ2n) is 6.54. The lowest BCUT2D eigenvalue weighted by atomic mass is 10.0. The molecular formula is C17H32N6. The molecule has 130 valence electrons. The third-order valence-corrected chi connectivity index (χ3v) is 4.64. The summed E-state index contributed by atoms with van der Waals surface area (Å²) in [6.07, 6.45) is 11.3. The van der Waals surface area contributed by atoms with E-state index in [4.69, 9.17) is 4.99 Å². The van der Waals surface area contributed by atoms with E-state index in [0.717, 1.165) is 30.8 Å². The smallest absolute Gasteiger partial charge is 0.194 e. The molecule has 1 N–H and O–H groups in total. The van der Waals surface area contributed by atoms with E-state index in [1.807, 2.05) is 11.7 Å². The molecule has 0 bridgehead atoms. The minimum absolute atomic E-state index is 0.713. The first-order valence-corrected chi connectivity index (χ1v) is 9.03. The number of aryl methyl sites for hydroxylation is 1. The van der Waals surface area contributed by atoms with Crippen molar-refractivity contribution in [2.45, 2.75) is 58.4 Å². The molecule has 0 saturated heterocycles. The van der Waals surface area contributed by atoms with E-state index in [1.54, 1.807) is 6.33 Å². The Labute approximate surface area is 140 Å². The minimum atomic E-state index is 0.713. The van der Waals surface area contributed by atoms with E-state index in [-0.39, 0.29) is 0 Å². The molecule has 6 nitrogen and oxygen atoms in total. The van der Waals surface area contributed by atoms with Crippen LogP contribution in [0.1, 0.15) is 57.7 Å². The first kappa shape index (κ1) is 17.8. The summed E-state index contributed by atoms with van der Waals surface area (Å²) in [6.45, 7) is 4.60. The first-order chi connectivity index (χ1) is 11.2. The lowest BCUT2D eigenvalue weighted by Crippen LogP contribution is -2.39. The molecule has 23 heavy (non-hydrogen) atoms. The molecule has 1 aliphatic rings. The highest BCUT2D eigenvalue weighted by Crippen LogP contribution is 2.28. The van der Waals surface area contributed by atoms with Gasteiger partial charge >= 0.3 is 0 Å². The Kier molecular flexibility index (Phi) is 7.36. The summed E-state index contributed by atoms with van der Waals surface area (Å²) in [4.78, 5) is 11.2. The van der Waals surface area contributed by atoms with Gasteiger partial charge in [-0.1, -0.05) is 38.5 Å². The molecule has 1 aliphatic carbocycles. The van der Waals surface area contributed by atoms with Crippen LogP contribution in [0.5, 0.6) is 0 Å². The van der Waals surface area contributed by atoms with E-state index < -0.39 is 0 Å². The highest BCUT2D eigenvalue weighted by molar-refractivity contribution is 5.79. The van der Waals surface area contributed by atoms with Crippen LogP contribution in [-0.2, 0) is 13.6 Å². The van der Waals surface area contributed by atoms with Gasteiger partial charge in [0.25, 0.3) is 0 Å². The van der Waals surface area contributed by atoms with Gasteiger partial charge in [0.15, 0.2) is 5.96 Å². The summed E-state index contributed by atoms with van der Waals surface area (Å²) in [7, 11) is 3.97. The summed E-state index contributed by atoms with van der Waals surface area (Å²) < 4.78 is 1.81. The van der Waals surface area contributed by atoms with Crippen molar-refractivity contribution in [3.63, 3.8) is 0 Å². The molecule has 1 aromatic heterocycles. The number of nitrogens with zero attached hydrogens (tertiary/aromatic N) is 5. The number of aromatic nitrogens is 3. The predicted molar refractivity (Wildman–Crippen MR) is 94.3 cm³/mol. The fourth-order valence-electron chi connectivity index (χ4n) is 3.25. The molecule has 0 amide bonds. The van der Waals surface area contributed by atoms with Crippen molar-refractivity contribution in [3.8, 4) is 0 Å². The second-order valence-corrected chi connectivity index (χ2v) is 6.54. The lowest BCUT2D eigenvalue weighted by molar-refractivity contribution is 0.446. The number of hydrogen-bond donors (Lipinski definition) is 1. The van der Waals surface area contributed by atoms with E-state index in [0.29, 0.717) is 6.54 Å². The lowest BCUT2D eigenvalue weighted by Gasteiger charge is -2.21. The fourth-order valence-corrected chi connectivity index (χ4v) is 3.25. The third kappa shape index (κ3) is 5.84. The molecule has 1 saturated carbocycles. The number of guanidine groups is 1. The van der Waals surface area contributed by atoms with Crippen LogP contribution in [0.4, 0.5) is 0 Å². The topological polar surface area (TPSA) is 58.3 Å². The van der Waals surface area contributed by atoms with Gasteiger partial charge < -0.3 is 10.2 Å². The van der Waals surface area contributed by atoms with Crippen molar-refractivity contribution in [2.75, 3.05) is 20.1 Å². The Morgan fingerprint density at radius 3 is 2.83 bits per heavy atom. The van der Waals surface area contributed by atoms with Crippen LogP contribution in [0.3, 0.4) is 0 Å². The van der Waals surface area contributed by atoms with Gasteiger partial charge in [-0.05, 0) is 19.3 Å². The van der Waals surface area contributed by atoms with Gasteiger partial charge in [-0.25, -0.2) is 4.98 Å². The normalized spacial score (nSPS) is 16.0. The van der Waals surface area contributed by atoms with Crippen molar-refractivity contribution in [1.82, 2.24) is 25.0 Å². The van der Waals surface area contributed by atoms with E-state index in [2.05, 4.69) is 34.3 Å². The highest BCUT2D eigenvalue weighted by Gasteiger charge is 2.14. The molecule has 0 aromatic carbocycles. The molecule has 1 fully saturated rings. The molecule has 0 radical (unpaired) electrons. The van der Waals surface area contributed by atoms with Crippen molar-refractivity contribution >= 4 is 5.96 Å². The summed E-state index contributed by atoms with van der Waals surface area (Å²) >= 11 is 0. The summed E-state index contributed by atoms with van der Waals surface area (Å²) in [5.41, 5.74) is 0. The second kappa shape index (κ2) is 9.53. The monoisotopic (exact) mass is 320 g/mol. The van der Waals surface area contributed by atoms with Gasteiger partial charge in [0, 0.05) is 27.2 Å². The minimum Gasteiger partial charge on any atom is -0.357 e. The van der Waals surface area contributed by atoms with Crippen LogP contribution in [0.15, 0.2) is 11.3 Å². The van der Waals surface area contributed by atoms with Crippen LogP contribution < -0.4 is 5.32 Å².